The summed E-state index contributed by atoms with van der Waals surface area (Å²) in [6.07, 6.45) is 0.430. The number of rotatable bonds is 6. The Kier molecular flexibility index (Phi) is 5.67. The molecule has 0 aliphatic carbocycles. The number of carbonyl (C=O) groups excluding carboxylic acids is 1. The lowest BCUT2D eigenvalue weighted by molar-refractivity contribution is -0.118. The third kappa shape index (κ3) is 4.23. The van der Waals surface area contributed by atoms with Gasteiger partial charge in [0.05, 0.1) is 12.1 Å². The summed E-state index contributed by atoms with van der Waals surface area (Å²) in [7, 11) is 0. The zero-order valence-corrected chi connectivity index (χ0v) is 15.1. The van der Waals surface area contributed by atoms with Crippen LogP contribution in [-0.2, 0) is 11.3 Å². The Morgan fingerprint density at radius 3 is 2.11 bits per heavy atom. The van der Waals surface area contributed by atoms with Crippen molar-refractivity contribution in [1.29, 1.82) is 0 Å². The average molecular weight is 359 g/mol. The standard InChI is InChI=1S/C23H21NO3/c1-2-22(25)24(19-8-4-3-5-9-19)16-17-12-14-18(15-13-17)20-10-6-7-11-21(20)23(26)27/h3-15H,2,16H2,1H3,(H,26,27). The molecule has 0 aliphatic rings. The first-order chi connectivity index (χ1) is 13.1. The Labute approximate surface area is 158 Å². The van der Waals surface area contributed by atoms with Crippen LogP contribution in [0.15, 0.2) is 78.9 Å². The van der Waals surface area contributed by atoms with Crippen molar-refractivity contribution < 1.29 is 14.7 Å². The number of hydrogen-bond acceptors (Lipinski definition) is 2. The summed E-state index contributed by atoms with van der Waals surface area (Å²) in [5.41, 5.74) is 3.64. The highest BCUT2D eigenvalue weighted by Gasteiger charge is 2.15. The molecule has 3 rings (SSSR count). The van der Waals surface area contributed by atoms with Crippen LogP contribution in [0.3, 0.4) is 0 Å². The lowest BCUT2D eigenvalue weighted by Crippen LogP contribution is -2.29. The first kappa shape index (κ1) is 18.4. The number of para-hydroxylation sites is 1. The van der Waals surface area contributed by atoms with E-state index in [9.17, 15) is 14.7 Å². The molecule has 0 radical (unpaired) electrons. The second-order valence-corrected chi connectivity index (χ2v) is 6.22. The Balaban J connectivity index is 1.87. The zero-order chi connectivity index (χ0) is 19.2. The maximum absolute atomic E-state index is 12.4. The molecule has 0 saturated heterocycles. The van der Waals surface area contributed by atoms with Gasteiger partial charge in [0.25, 0.3) is 0 Å². The highest BCUT2D eigenvalue weighted by atomic mass is 16.4. The van der Waals surface area contributed by atoms with Gasteiger partial charge >= 0.3 is 5.97 Å². The fraction of sp³-hybridized carbons (Fsp3) is 0.130. The maximum Gasteiger partial charge on any atom is 0.336 e. The van der Waals surface area contributed by atoms with E-state index in [4.69, 9.17) is 0 Å². The normalized spacial score (nSPS) is 10.4. The number of benzene rings is 3. The van der Waals surface area contributed by atoms with Crippen molar-refractivity contribution in [2.45, 2.75) is 19.9 Å². The highest BCUT2D eigenvalue weighted by Crippen LogP contribution is 2.25. The molecular weight excluding hydrogens is 338 g/mol. The van der Waals surface area contributed by atoms with Crippen LogP contribution in [0.1, 0.15) is 29.3 Å². The van der Waals surface area contributed by atoms with Gasteiger partial charge in [-0.1, -0.05) is 67.6 Å². The molecule has 4 nitrogen and oxygen atoms in total. The summed E-state index contributed by atoms with van der Waals surface area (Å²) in [5.74, 6) is -0.889. The third-order valence-corrected chi connectivity index (χ3v) is 4.43. The highest BCUT2D eigenvalue weighted by molar-refractivity contribution is 5.96. The number of carbonyl (C=O) groups is 2. The van der Waals surface area contributed by atoms with Crippen molar-refractivity contribution in [2.75, 3.05) is 4.90 Å². The number of nitrogens with zero attached hydrogens (tertiary/aromatic N) is 1. The van der Waals surface area contributed by atoms with Gasteiger partial charge in [-0.05, 0) is 34.9 Å². The van der Waals surface area contributed by atoms with E-state index in [-0.39, 0.29) is 11.5 Å². The van der Waals surface area contributed by atoms with Crippen LogP contribution < -0.4 is 4.90 Å². The lowest BCUT2D eigenvalue weighted by Gasteiger charge is -2.22. The van der Waals surface area contributed by atoms with Gasteiger partial charge in [-0.3, -0.25) is 4.79 Å². The van der Waals surface area contributed by atoms with E-state index in [1.54, 1.807) is 23.1 Å². The van der Waals surface area contributed by atoms with Gasteiger partial charge in [0.2, 0.25) is 5.91 Å². The summed E-state index contributed by atoms with van der Waals surface area (Å²) >= 11 is 0. The number of anilines is 1. The molecule has 0 atom stereocenters. The molecular formula is C23H21NO3. The minimum absolute atomic E-state index is 0.0569. The summed E-state index contributed by atoms with van der Waals surface area (Å²) < 4.78 is 0. The second kappa shape index (κ2) is 8.32. The lowest BCUT2D eigenvalue weighted by atomic mass is 9.98. The first-order valence-corrected chi connectivity index (χ1v) is 8.87. The number of hydrogen-bond donors (Lipinski definition) is 1. The second-order valence-electron chi connectivity index (χ2n) is 6.22. The summed E-state index contributed by atoms with van der Waals surface area (Å²) in [6.45, 7) is 2.32. The molecule has 3 aromatic carbocycles. The molecule has 0 unspecified atom stereocenters. The molecule has 0 aromatic heterocycles. The molecule has 1 N–H and O–H groups in total. The van der Waals surface area contributed by atoms with E-state index in [0.717, 1.165) is 16.8 Å². The smallest absolute Gasteiger partial charge is 0.336 e. The quantitative estimate of drug-likeness (QED) is 0.674. The van der Waals surface area contributed by atoms with E-state index in [0.29, 0.717) is 18.5 Å². The Bertz CT molecular complexity index is 933. The van der Waals surface area contributed by atoms with Crippen LogP contribution in [-0.4, -0.2) is 17.0 Å². The molecule has 136 valence electrons. The molecule has 0 fully saturated rings. The van der Waals surface area contributed by atoms with Crippen molar-refractivity contribution in [1.82, 2.24) is 0 Å². The van der Waals surface area contributed by atoms with Gasteiger partial charge in [-0.2, -0.15) is 0 Å². The Morgan fingerprint density at radius 2 is 1.48 bits per heavy atom. The molecule has 27 heavy (non-hydrogen) atoms. The number of carboxylic acids is 1. The molecule has 0 spiro atoms. The molecule has 0 bridgehead atoms. The number of carboxylic acid groups (broad SMARTS) is 1. The summed E-state index contributed by atoms with van der Waals surface area (Å²) in [4.78, 5) is 25.6. The van der Waals surface area contributed by atoms with Crippen LogP contribution in [0.5, 0.6) is 0 Å². The van der Waals surface area contributed by atoms with Crippen molar-refractivity contribution in [2.24, 2.45) is 0 Å². The van der Waals surface area contributed by atoms with Crippen molar-refractivity contribution >= 4 is 17.6 Å². The molecule has 1 amide bonds. The van der Waals surface area contributed by atoms with E-state index < -0.39 is 5.97 Å². The Morgan fingerprint density at radius 1 is 0.852 bits per heavy atom. The molecule has 3 aromatic rings. The predicted molar refractivity (Wildman–Crippen MR) is 107 cm³/mol. The average Bonchev–Trinajstić information content (AvgIpc) is 2.72. The van der Waals surface area contributed by atoms with Crippen LogP contribution in [0, 0.1) is 0 Å². The minimum atomic E-state index is -0.946. The topological polar surface area (TPSA) is 57.6 Å². The summed E-state index contributed by atoms with van der Waals surface area (Å²) in [6, 6.07) is 24.2. The summed E-state index contributed by atoms with van der Waals surface area (Å²) in [5, 5.41) is 9.37. The number of amides is 1. The monoisotopic (exact) mass is 359 g/mol. The molecule has 0 aliphatic heterocycles. The fourth-order valence-electron chi connectivity index (χ4n) is 3.02. The van der Waals surface area contributed by atoms with Crippen LogP contribution in [0.2, 0.25) is 0 Å². The largest absolute Gasteiger partial charge is 0.478 e. The van der Waals surface area contributed by atoms with E-state index in [1.165, 1.54) is 0 Å². The fourth-order valence-corrected chi connectivity index (χ4v) is 3.02. The van der Waals surface area contributed by atoms with Gasteiger partial charge < -0.3 is 10.0 Å². The van der Waals surface area contributed by atoms with Crippen molar-refractivity contribution in [3.63, 3.8) is 0 Å². The SMILES string of the molecule is CCC(=O)N(Cc1ccc(-c2ccccc2C(=O)O)cc1)c1ccccc1. The van der Waals surface area contributed by atoms with Gasteiger partial charge in [0.15, 0.2) is 0 Å². The predicted octanol–water partition coefficient (Wildman–Crippen LogP) is 5.00. The van der Waals surface area contributed by atoms with Crippen LogP contribution >= 0.6 is 0 Å². The van der Waals surface area contributed by atoms with Gasteiger partial charge in [0, 0.05) is 12.1 Å². The van der Waals surface area contributed by atoms with Crippen molar-refractivity contribution in [3.8, 4) is 11.1 Å². The van der Waals surface area contributed by atoms with Crippen molar-refractivity contribution in [3.05, 3.63) is 90.0 Å². The molecule has 0 saturated carbocycles. The minimum Gasteiger partial charge on any atom is -0.478 e. The van der Waals surface area contributed by atoms with Gasteiger partial charge in [-0.25, -0.2) is 4.79 Å². The van der Waals surface area contributed by atoms with E-state index in [2.05, 4.69) is 0 Å². The van der Waals surface area contributed by atoms with E-state index >= 15 is 0 Å². The first-order valence-electron chi connectivity index (χ1n) is 8.87. The molecule has 0 heterocycles. The van der Waals surface area contributed by atoms with Crippen LogP contribution in [0.4, 0.5) is 5.69 Å². The zero-order valence-electron chi connectivity index (χ0n) is 15.1. The maximum atomic E-state index is 12.4. The van der Waals surface area contributed by atoms with Crippen LogP contribution in [0.25, 0.3) is 11.1 Å². The van der Waals surface area contributed by atoms with Gasteiger partial charge in [0.1, 0.15) is 0 Å². The Hall–Kier alpha value is -3.40. The third-order valence-electron chi connectivity index (χ3n) is 4.43. The van der Waals surface area contributed by atoms with Gasteiger partial charge in [-0.15, -0.1) is 0 Å². The molecule has 4 heteroatoms. The number of aromatic carboxylic acids is 1. The van der Waals surface area contributed by atoms with E-state index in [1.807, 2.05) is 67.6 Å².